The third-order valence-corrected chi connectivity index (χ3v) is 8.45. The Morgan fingerprint density at radius 3 is 2.19 bits per heavy atom. The quantitative estimate of drug-likeness (QED) is 0.401. The van der Waals surface area contributed by atoms with E-state index in [1.807, 2.05) is 76.2 Å². The molecule has 3 rings (SSSR count). The summed E-state index contributed by atoms with van der Waals surface area (Å²) < 4.78 is 27.8. The second-order valence-electron chi connectivity index (χ2n) is 9.52. The molecular weight excluding hydrogens is 486 g/mol. The molecule has 0 aliphatic carbocycles. The molecule has 37 heavy (non-hydrogen) atoms. The van der Waals surface area contributed by atoms with Crippen molar-refractivity contribution >= 4 is 32.6 Å². The molecule has 0 saturated carbocycles. The van der Waals surface area contributed by atoms with Crippen LogP contribution in [0.3, 0.4) is 0 Å². The number of hydrogen-bond donors (Lipinski definition) is 1. The number of nitrogens with one attached hydrogen (secondary N) is 1. The lowest BCUT2D eigenvalue weighted by Gasteiger charge is -2.32. The first kappa shape index (κ1) is 28.3. The number of nitrogens with zero attached hydrogens (tertiary/aromatic N) is 2. The highest BCUT2D eigenvalue weighted by Crippen LogP contribution is 2.22. The highest BCUT2D eigenvalue weighted by atomic mass is 32.2. The van der Waals surface area contributed by atoms with Crippen LogP contribution in [0.25, 0.3) is 10.8 Å². The van der Waals surface area contributed by atoms with Crippen LogP contribution in [-0.4, -0.2) is 55.1 Å². The van der Waals surface area contributed by atoms with Gasteiger partial charge in [0.15, 0.2) is 0 Å². The van der Waals surface area contributed by atoms with Gasteiger partial charge in [0.25, 0.3) is 0 Å². The molecule has 7 nitrogen and oxygen atoms in total. The zero-order valence-corrected chi connectivity index (χ0v) is 23.1. The Hall–Kier alpha value is -3.23. The van der Waals surface area contributed by atoms with Crippen LogP contribution in [0, 0.1) is 6.92 Å². The molecular formula is C29H37N3O4S. The maximum absolute atomic E-state index is 13.6. The number of hydrogen-bond acceptors (Lipinski definition) is 4. The Labute approximate surface area is 220 Å². The summed E-state index contributed by atoms with van der Waals surface area (Å²) in [6.45, 7) is 7.55. The fraction of sp³-hybridized carbons (Fsp3) is 0.379. The van der Waals surface area contributed by atoms with Gasteiger partial charge in [-0.3, -0.25) is 9.59 Å². The van der Waals surface area contributed by atoms with E-state index < -0.39 is 22.0 Å². The highest BCUT2D eigenvalue weighted by Gasteiger charge is 2.32. The van der Waals surface area contributed by atoms with E-state index in [4.69, 9.17) is 0 Å². The molecule has 0 radical (unpaired) electrons. The minimum absolute atomic E-state index is 0.0335. The second kappa shape index (κ2) is 12.3. The van der Waals surface area contributed by atoms with Crippen molar-refractivity contribution in [3.05, 3.63) is 77.9 Å². The highest BCUT2D eigenvalue weighted by molar-refractivity contribution is 7.89. The molecule has 0 aliphatic rings. The Kier molecular flexibility index (Phi) is 9.45. The maximum atomic E-state index is 13.6. The normalized spacial score (nSPS) is 13.4. The van der Waals surface area contributed by atoms with Crippen molar-refractivity contribution in [2.24, 2.45) is 0 Å². The van der Waals surface area contributed by atoms with Gasteiger partial charge in [0.2, 0.25) is 21.8 Å². The largest absolute Gasteiger partial charge is 0.352 e. The first-order valence-corrected chi connectivity index (χ1v) is 14.1. The van der Waals surface area contributed by atoms with Crippen molar-refractivity contribution < 1.29 is 18.0 Å². The summed E-state index contributed by atoms with van der Waals surface area (Å²) in [5.74, 6) is -0.670. The smallest absolute Gasteiger partial charge is 0.243 e. The molecule has 0 bridgehead atoms. The van der Waals surface area contributed by atoms with Gasteiger partial charge >= 0.3 is 0 Å². The fourth-order valence-electron chi connectivity index (χ4n) is 4.12. The second-order valence-corrected chi connectivity index (χ2v) is 11.6. The average molecular weight is 524 g/mol. The number of carbonyl (C=O) groups is 2. The number of rotatable bonds is 11. The monoisotopic (exact) mass is 523 g/mol. The average Bonchev–Trinajstić information content (AvgIpc) is 2.89. The van der Waals surface area contributed by atoms with Crippen molar-refractivity contribution in [1.82, 2.24) is 14.5 Å². The van der Waals surface area contributed by atoms with E-state index in [-0.39, 0.29) is 29.9 Å². The molecule has 2 atom stereocenters. The van der Waals surface area contributed by atoms with Crippen LogP contribution < -0.4 is 5.32 Å². The topological polar surface area (TPSA) is 86.8 Å². The molecule has 3 aromatic rings. The van der Waals surface area contributed by atoms with Crippen LogP contribution in [0.15, 0.2) is 71.6 Å². The molecule has 0 spiro atoms. The maximum Gasteiger partial charge on any atom is 0.243 e. The Bertz CT molecular complexity index is 1340. The number of fused-ring (bicyclic) bond motifs is 1. The Morgan fingerprint density at radius 2 is 1.57 bits per heavy atom. The predicted molar refractivity (Wildman–Crippen MR) is 147 cm³/mol. The summed E-state index contributed by atoms with van der Waals surface area (Å²) >= 11 is 0. The fourth-order valence-corrected chi connectivity index (χ4v) is 5.28. The first-order valence-electron chi connectivity index (χ1n) is 12.7. The van der Waals surface area contributed by atoms with Gasteiger partial charge in [-0.05, 0) is 55.2 Å². The summed E-state index contributed by atoms with van der Waals surface area (Å²) in [6, 6.07) is 19.4. The van der Waals surface area contributed by atoms with Gasteiger partial charge in [0.1, 0.15) is 6.04 Å². The molecule has 0 heterocycles. The van der Waals surface area contributed by atoms with Gasteiger partial charge in [-0.2, -0.15) is 4.31 Å². The molecule has 198 valence electrons. The van der Waals surface area contributed by atoms with Gasteiger partial charge in [0.05, 0.1) is 11.4 Å². The van der Waals surface area contributed by atoms with E-state index in [1.165, 1.54) is 11.9 Å². The standard InChI is InChI=1S/C29H37N3O4S/c1-6-22(4)30-29(34)27(7-2)32(19-23-14-12-21(3)13-15-23)28(33)20-31(5)37(35,36)26-17-16-24-10-8-9-11-25(24)18-26/h8-18,22,27H,6-7,19-20H2,1-5H3,(H,30,34). The molecule has 2 amide bonds. The lowest BCUT2D eigenvalue weighted by molar-refractivity contribution is -0.141. The van der Waals surface area contributed by atoms with Crippen molar-refractivity contribution in [3.8, 4) is 0 Å². The molecule has 3 aromatic carbocycles. The Morgan fingerprint density at radius 1 is 0.919 bits per heavy atom. The van der Waals surface area contributed by atoms with E-state index in [2.05, 4.69) is 5.32 Å². The predicted octanol–water partition coefficient (Wildman–Crippen LogP) is 4.49. The minimum atomic E-state index is -3.93. The van der Waals surface area contributed by atoms with Gasteiger partial charge in [-0.15, -0.1) is 0 Å². The summed E-state index contributed by atoms with van der Waals surface area (Å²) in [7, 11) is -2.53. The number of carbonyl (C=O) groups excluding carboxylic acids is 2. The van der Waals surface area contributed by atoms with Crippen LogP contribution in [0.5, 0.6) is 0 Å². The van der Waals surface area contributed by atoms with E-state index in [9.17, 15) is 18.0 Å². The number of amides is 2. The van der Waals surface area contributed by atoms with Gasteiger partial charge in [-0.25, -0.2) is 8.42 Å². The molecule has 1 N–H and O–H groups in total. The summed E-state index contributed by atoms with van der Waals surface area (Å²) in [6.07, 6.45) is 1.17. The van der Waals surface area contributed by atoms with Crippen LogP contribution in [-0.2, 0) is 26.2 Å². The first-order chi connectivity index (χ1) is 17.6. The van der Waals surface area contributed by atoms with E-state index in [0.717, 1.165) is 32.6 Å². The van der Waals surface area contributed by atoms with Gasteiger partial charge in [0, 0.05) is 19.6 Å². The molecule has 0 fully saturated rings. The molecule has 0 aromatic heterocycles. The zero-order chi connectivity index (χ0) is 27.2. The third kappa shape index (κ3) is 6.96. The van der Waals surface area contributed by atoms with Crippen molar-refractivity contribution in [1.29, 1.82) is 0 Å². The number of sulfonamides is 1. The summed E-state index contributed by atoms with van der Waals surface area (Å²) in [5, 5.41) is 4.71. The molecule has 8 heteroatoms. The SMILES string of the molecule is CCC(C)NC(=O)C(CC)N(Cc1ccc(C)cc1)C(=O)CN(C)S(=O)(=O)c1ccc2ccccc2c1. The Balaban J connectivity index is 1.88. The van der Waals surface area contributed by atoms with Crippen LogP contribution >= 0.6 is 0 Å². The summed E-state index contributed by atoms with van der Waals surface area (Å²) in [5.41, 5.74) is 1.96. The van der Waals surface area contributed by atoms with E-state index in [0.29, 0.717) is 6.42 Å². The van der Waals surface area contributed by atoms with E-state index in [1.54, 1.807) is 18.2 Å². The third-order valence-electron chi connectivity index (χ3n) is 6.65. The minimum Gasteiger partial charge on any atom is -0.352 e. The molecule has 0 aliphatic heterocycles. The van der Waals surface area contributed by atoms with Crippen molar-refractivity contribution in [3.63, 3.8) is 0 Å². The number of benzene rings is 3. The molecule has 0 saturated heterocycles. The van der Waals surface area contributed by atoms with Crippen LogP contribution in [0.4, 0.5) is 0 Å². The molecule has 2 unspecified atom stereocenters. The summed E-state index contributed by atoms with van der Waals surface area (Å²) in [4.78, 5) is 28.4. The van der Waals surface area contributed by atoms with Crippen LogP contribution in [0.2, 0.25) is 0 Å². The van der Waals surface area contributed by atoms with Crippen LogP contribution in [0.1, 0.15) is 44.7 Å². The lowest BCUT2D eigenvalue weighted by Crippen LogP contribution is -2.53. The van der Waals surface area contributed by atoms with E-state index >= 15 is 0 Å². The van der Waals surface area contributed by atoms with Crippen molar-refractivity contribution in [2.45, 2.75) is 64.1 Å². The number of aryl methyl sites for hydroxylation is 1. The zero-order valence-electron chi connectivity index (χ0n) is 22.3. The van der Waals surface area contributed by atoms with Gasteiger partial charge < -0.3 is 10.2 Å². The van der Waals surface area contributed by atoms with Gasteiger partial charge in [-0.1, -0.05) is 74.0 Å². The van der Waals surface area contributed by atoms with Crippen molar-refractivity contribution in [2.75, 3.05) is 13.6 Å². The lowest BCUT2D eigenvalue weighted by atomic mass is 10.1. The number of likely N-dealkylation sites (N-methyl/N-ethyl adjacent to an activating group) is 1.